The molecule has 0 radical (unpaired) electrons. The van der Waals surface area contributed by atoms with Crippen LogP contribution in [-0.2, 0) is 4.79 Å². The van der Waals surface area contributed by atoms with E-state index in [1.807, 2.05) is 6.07 Å². The number of amides is 2. The predicted octanol–water partition coefficient (Wildman–Crippen LogP) is 3.08. The van der Waals surface area contributed by atoms with E-state index in [-0.39, 0.29) is 19.0 Å². The van der Waals surface area contributed by atoms with Gasteiger partial charge in [0.05, 0.1) is 6.42 Å². The Morgan fingerprint density at radius 2 is 1.91 bits per heavy atom. The third-order valence-electron chi connectivity index (χ3n) is 4.66. The van der Waals surface area contributed by atoms with E-state index in [1.165, 1.54) is 29.7 Å². The third kappa shape index (κ3) is 5.27. The first-order valence-corrected chi connectivity index (χ1v) is 8.33. The molecular formula is C18H26N2O3. The summed E-state index contributed by atoms with van der Waals surface area (Å²) in [4.78, 5) is 24.1. The lowest BCUT2D eigenvalue weighted by Gasteiger charge is -2.32. The van der Waals surface area contributed by atoms with Crippen molar-refractivity contribution < 1.29 is 14.7 Å². The first kappa shape index (κ1) is 17.3. The highest BCUT2D eigenvalue weighted by molar-refractivity contribution is 5.75. The van der Waals surface area contributed by atoms with Gasteiger partial charge in [0.2, 0.25) is 0 Å². The van der Waals surface area contributed by atoms with E-state index >= 15 is 0 Å². The number of nitrogens with zero attached hydrogens (tertiary/aromatic N) is 1. The number of carboxylic acid groups (broad SMARTS) is 1. The van der Waals surface area contributed by atoms with Gasteiger partial charge >= 0.3 is 12.0 Å². The molecule has 0 saturated heterocycles. The van der Waals surface area contributed by atoms with Crippen molar-refractivity contribution in [1.29, 1.82) is 0 Å². The first-order valence-electron chi connectivity index (χ1n) is 8.33. The van der Waals surface area contributed by atoms with E-state index in [0.29, 0.717) is 18.4 Å². The molecule has 0 aliphatic heterocycles. The minimum absolute atomic E-state index is 0.0278. The van der Waals surface area contributed by atoms with Crippen LogP contribution in [0.5, 0.6) is 0 Å². The fraction of sp³-hybridized carbons (Fsp3) is 0.556. The Morgan fingerprint density at radius 1 is 1.22 bits per heavy atom. The van der Waals surface area contributed by atoms with E-state index in [0.717, 1.165) is 6.42 Å². The molecule has 1 aromatic rings. The number of carbonyl (C=O) groups is 2. The molecule has 1 fully saturated rings. The Morgan fingerprint density at radius 3 is 2.61 bits per heavy atom. The monoisotopic (exact) mass is 318 g/mol. The number of nitrogens with one attached hydrogen (secondary N) is 1. The van der Waals surface area contributed by atoms with Gasteiger partial charge in [0.15, 0.2) is 0 Å². The van der Waals surface area contributed by atoms with Gasteiger partial charge < -0.3 is 15.3 Å². The summed E-state index contributed by atoms with van der Waals surface area (Å²) in [5, 5.41) is 11.6. The van der Waals surface area contributed by atoms with Crippen molar-refractivity contribution in [3.63, 3.8) is 0 Å². The summed E-state index contributed by atoms with van der Waals surface area (Å²) in [5.74, 6) is 0.0543. The van der Waals surface area contributed by atoms with Gasteiger partial charge in [-0.25, -0.2) is 4.79 Å². The zero-order chi connectivity index (χ0) is 16.7. The molecule has 2 unspecified atom stereocenters. The second-order valence-electron chi connectivity index (χ2n) is 6.31. The lowest BCUT2D eigenvalue weighted by molar-refractivity contribution is -0.137. The highest BCUT2D eigenvalue weighted by Crippen LogP contribution is 2.37. The Hall–Kier alpha value is -2.04. The molecule has 1 saturated carbocycles. The number of hydrogen-bond acceptors (Lipinski definition) is 2. The van der Waals surface area contributed by atoms with Crippen LogP contribution >= 0.6 is 0 Å². The van der Waals surface area contributed by atoms with E-state index < -0.39 is 5.97 Å². The molecule has 2 amide bonds. The Bertz CT molecular complexity index is 518. The third-order valence-corrected chi connectivity index (χ3v) is 4.66. The minimum atomic E-state index is -0.888. The Balaban J connectivity index is 1.87. The van der Waals surface area contributed by atoms with Crippen LogP contribution in [0.25, 0.3) is 0 Å². The number of rotatable bonds is 6. The number of benzene rings is 1. The largest absolute Gasteiger partial charge is 0.481 e. The zero-order valence-corrected chi connectivity index (χ0v) is 13.7. The van der Waals surface area contributed by atoms with Gasteiger partial charge in [-0.05, 0) is 30.2 Å². The molecule has 0 bridgehead atoms. The van der Waals surface area contributed by atoms with Crippen molar-refractivity contribution in [2.24, 2.45) is 5.92 Å². The van der Waals surface area contributed by atoms with Gasteiger partial charge in [0, 0.05) is 20.1 Å². The lowest BCUT2D eigenvalue weighted by atomic mass is 9.75. The fourth-order valence-electron chi connectivity index (χ4n) is 3.31. The van der Waals surface area contributed by atoms with E-state index in [9.17, 15) is 9.59 Å². The summed E-state index contributed by atoms with van der Waals surface area (Å²) in [7, 11) is 1.63. The van der Waals surface area contributed by atoms with Crippen LogP contribution in [0, 0.1) is 5.92 Å². The van der Waals surface area contributed by atoms with Crippen molar-refractivity contribution >= 4 is 12.0 Å². The highest BCUT2D eigenvalue weighted by Gasteiger charge is 2.27. The van der Waals surface area contributed by atoms with Crippen LogP contribution in [-0.4, -0.2) is 42.1 Å². The molecule has 2 rings (SSSR count). The average molecular weight is 318 g/mol. The molecule has 0 heterocycles. The zero-order valence-electron chi connectivity index (χ0n) is 13.7. The van der Waals surface area contributed by atoms with Gasteiger partial charge in [-0.3, -0.25) is 4.79 Å². The number of urea groups is 1. The fourth-order valence-corrected chi connectivity index (χ4v) is 3.31. The topological polar surface area (TPSA) is 69.6 Å². The van der Waals surface area contributed by atoms with E-state index in [1.54, 1.807) is 7.05 Å². The molecular weight excluding hydrogens is 292 g/mol. The van der Waals surface area contributed by atoms with E-state index in [2.05, 4.69) is 29.6 Å². The van der Waals surface area contributed by atoms with Crippen LogP contribution in [0.1, 0.15) is 43.6 Å². The molecule has 0 spiro atoms. The molecule has 1 aliphatic rings. The van der Waals surface area contributed by atoms with Crippen LogP contribution in [0.2, 0.25) is 0 Å². The maximum absolute atomic E-state index is 12.1. The van der Waals surface area contributed by atoms with Crippen LogP contribution in [0.3, 0.4) is 0 Å². The molecule has 1 aromatic carbocycles. The molecule has 23 heavy (non-hydrogen) atoms. The summed E-state index contributed by atoms with van der Waals surface area (Å²) in [6.45, 7) is 0.879. The summed E-state index contributed by atoms with van der Waals surface area (Å²) >= 11 is 0. The highest BCUT2D eigenvalue weighted by atomic mass is 16.4. The summed E-state index contributed by atoms with van der Waals surface area (Å²) < 4.78 is 0. The summed E-state index contributed by atoms with van der Waals surface area (Å²) in [6.07, 6.45) is 4.71. The second kappa shape index (κ2) is 8.56. The molecule has 2 N–H and O–H groups in total. The smallest absolute Gasteiger partial charge is 0.317 e. The maximum atomic E-state index is 12.1. The predicted molar refractivity (Wildman–Crippen MR) is 89.4 cm³/mol. The minimum Gasteiger partial charge on any atom is -0.481 e. The van der Waals surface area contributed by atoms with Gasteiger partial charge in [-0.1, -0.05) is 43.2 Å². The van der Waals surface area contributed by atoms with Crippen molar-refractivity contribution in [1.82, 2.24) is 10.2 Å². The Kier molecular flexibility index (Phi) is 6.44. The molecule has 5 heteroatoms. The first-order chi connectivity index (χ1) is 11.1. The second-order valence-corrected chi connectivity index (χ2v) is 6.31. The lowest BCUT2D eigenvalue weighted by Crippen LogP contribution is -2.41. The summed E-state index contributed by atoms with van der Waals surface area (Å²) in [5.41, 5.74) is 1.35. The number of hydrogen-bond donors (Lipinski definition) is 2. The molecule has 0 aromatic heterocycles. The van der Waals surface area contributed by atoms with Crippen molar-refractivity contribution in [3.05, 3.63) is 35.9 Å². The van der Waals surface area contributed by atoms with Crippen molar-refractivity contribution in [2.45, 2.75) is 38.0 Å². The van der Waals surface area contributed by atoms with Gasteiger partial charge in [-0.15, -0.1) is 0 Å². The molecule has 126 valence electrons. The SMILES string of the molecule is CN(CCC(=O)O)C(=O)NCC1CCCCC1c1ccccc1. The van der Waals surface area contributed by atoms with Crippen molar-refractivity contribution in [3.8, 4) is 0 Å². The summed E-state index contributed by atoms with van der Waals surface area (Å²) in [6, 6.07) is 10.3. The van der Waals surface area contributed by atoms with Crippen LogP contribution < -0.4 is 5.32 Å². The molecule has 1 aliphatic carbocycles. The normalized spacial score (nSPS) is 20.7. The standard InChI is InChI=1S/C18H26N2O3/c1-20(12-11-17(21)22)18(23)19-13-15-9-5-6-10-16(15)14-7-3-2-4-8-14/h2-4,7-8,15-16H,5-6,9-13H2,1H3,(H,19,23)(H,21,22). The maximum Gasteiger partial charge on any atom is 0.317 e. The van der Waals surface area contributed by atoms with Gasteiger partial charge in [0.25, 0.3) is 0 Å². The van der Waals surface area contributed by atoms with Gasteiger partial charge in [0.1, 0.15) is 0 Å². The number of carbonyl (C=O) groups excluding carboxylic acids is 1. The number of carboxylic acids is 1. The van der Waals surface area contributed by atoms with Crippen LogP contribution in [0.15, 0.2) is 30.3 Å². The van der Waals surface area contributed by atoms with Gasteiger partial charge in [-0.2, -0.15) is 0 Å². The van der Waals surface area contributed by atoms with E-state index in [4.69, 9.17) is 5.11 Å². The van der Waals surface area contributed by atoms with Crippen molar-refractivity contribution in [2.75, 3.05) is 20.1 Å². The van der Waals surface area contributed by atoms with Crippen LogP contribution in [0.4, 0.5) is 4.79 Å². The molecule has 5 nitrogen and oxygen atoms in total. The molecule has 2 atom stereocenters. The quantitative estimate of drug-likeness (QED) is 0.847. The number of aliphatic carboxylic acids is 1. The average Bonchev–Trinajstić information content (AvgIpc) is 2.58. The Labute approximate surface area is 137 Å².